The summed E-state index contributed by atoms with van der Waals surface area (Å²) in [6, 6.07) is -0.347. The van der Waals surface area contributed by atoms with Gasteiger partial charge in [0.05, 0.1) is 6.61 Å². The number of hydrogen-bond donors (Lipinski definition) is 1. The Morgan fingerprint density at radius 3 is 1.91 bits per heavy atom. The molecule has 1 heterocycles. The van der Waals surface area contributed by atoms with Gasteiger partial charge in [-0.15, -0.1) is 0 Å². The maximum Gasteiger partial charge on any atom is 0.323 e. The van der Waals surface area contributed by atoms with Crippen LogP contribution in [-0.4, -0.2) is 18.6 Å². The molecule has 0 spiro atoms. The van der Waals surface area contributed by atoms with Crippen LogP contribution in [-0.2, 0) is 9.53 Å². The molecule has 1 aliphatic rings. The van der Waals surface area contributed by atoms with Crippen LogP contribution in [0.15, 0.2) is 0 Å². The predicted molar refractivity (Wildman–Crippen MR) is 46.2 cm³/mol. The first-order valence-corrected chi connectivity index (χ1v) is 4.23. The molecule has 1 fully saturated rings. The van der Waals surface area contributed by atoms with Crippen molar-refractivity contribution in [1.29, 1.82) is 0 Å². The smallest absolute Gasteiger partial charge is 0.323 e. The van der Waals surface area contributed by atoms with E-state index < -0.39 is 0 Å². The van der Waals surface area contributed by atoms with E-state index in [9.17, 15) is 4.79 Å². The van der Waals surface area contributed by atoms with E-state index in [1.54, 1.807) is 0 Å². The maximum absolute atomic E-state index is 10.2. The highest BCUT2D eigenvalue weighted by molar-refractivity contribution is 5.77. The minimum atomic E-state index is -0.347. The fourth-order valence-electron chi connectivity index (χ4n) is 0.511. The second kappa shape index (κ2) is 9.43. The van der Waals surface area contributed by atoms with Crippen LogP contribution in [0, 0.1) is 0 Å². The Balaban J connectivity index is 0. The fraction of sp³-hybridized carbons (Fsp3) is 0.875. The van der Waals surface area contributed by atoms with Gasteiger partial charge < -0.3 is 10.5 Å². The predicted octanol–water partition coefficient (Wildman–Crippen LogP) is 1.31. The highest BCUT2D eigenvalue weighted by Crippen LogP contribution is 2.00. The summed E-state index contributed by atoms with van der Waals surface area (Å²) in [5, 5.41) is 0. The van der Waals surface area contributed by atoms with E-state index in [2.05, 4.69) is 4.74 Å². The van der Waals surface area contributed by atoms with E-state index in [4.69, 9.17) is 5.73 Å². The molecule has 11 heavy (non-hydrogen) atoms. The van der Waals surface area contributed by atoms with Gasteiger partial charge in [-0.1, -0.05) is 27.7 Å². The van der Waals surface area contributed by atoms with Crippen molar-refractivity contribution < 1.29 is 9.53 Å². The summed E-state index contributed by atoms with van der Waals surface area (Å²) in [4.78, 5) is 10.2. The lowest BCUT2D eigenvalue weighted by Gasteiger charge is -1.89. The van der Waals surface area contributed by atoms with Crippen molar-refractivity contribution in [3.05, 3.63) is 0 Å². The van der Waals surface area contributed by atoms with Crippen LogP contribution in [0.2, 0.25) is 0 Å². The monoisotopic (exact) mass is 161 g/mol. The van der Waals surface area contributed by atoms with Gasteiger partial charge in [-0.25, -0.2) is 0 Å². The summed E-state index contributed by atoms with van der Waals surface area (Å²) < 4.78 is 4.50. The molecule has 0 saturated carbocycles. The average Bonchev–Trinajstić information content (AvgIpc) is 2.44. The molecule has 0 radical (unpaired) electrons. The van der Waals surface area contributed by atoms with Crippen LogP contribution in [0.5, 0.6) is 0 Å². The van der Waals surface area contributed by atoms with E-state index >= 15 is 0 Å². The number of carbonyl (C=O) groups is 1. The summed E-state index contributed by atoms with van der Waals surface area (Å²) in [7, 11) is 0. The van der Waals surface area contributed by atoms with Crippen molar-refractivity contribution >= 4 is 5.97 Å². The van der Waals surface area contributed by atoms with Gasteiger partial charge in [-0.2, -0.15) is 0 Å². The molecule has 3 nitrogen and oxygen atoms in total. The lowest BCUT2D eigenvalue weighted by Crippen LogP contribution is -2.24. The van der Waals surface area contributed by atoms with Crippen LogP contribution in [0.3, 0.4) is 0 Å². The van der Waals surface area contributed by atoms with E-state index in [1.165, 1.54) is 0 Å². The molecule has 1 unspecified atom stereocenters. The number of esters is 1. The topological polar surface area (TPSA) is 52.3 Å². The summed E-state index contributed by atoms with van der Waals surface area (Å²) in [6.45, 7) is 8.50. The zero-order chi connectivity index (χ0) is 9.28. The Labute approximate surface area is 68.9 Å². The Morgan fingerprint density at radius 2 is 1.82 bits per heavy atom. The Morgan fingerprint density at radius 1 is 1.36 bits per heavy atom. The first kappa shape index (κ1) is 13.1. The molecule has 0 aromatic carbocycles. The first-order chi connectivity index (χ1) is 5.30. The van der Waals surface area contributed by atoms with Gasteiger partial charge in [-0.05, 0) is 0 Å². The number of cyclic esters (lactones) is 1. The van der Waals surface area contributed by atoms with Crippen molar-refractivity contribution in [2.75, 3.05) is 6.61 Å². The van der Waals surface area contributed by atoms with Crippen molar-refractivity contribution in [3.8, 4) is 0 Å². The van der Waals surface area contributed by atoms with Crippen LogP contribution in [0.25, 0.3) is 0 Å². The second-order valence-corrected chi connectivity index (χ2v) is 1.56. The van der Waals surface area contributed by atoms with Crippen LogP contribution in [0.4, 0.5) is 0 Å². The maximum atomic E-state index is 10.2. The molecule has 2 N–H and O–H groups in total. The molecule has 0 amide bonds. The minimum Gasteiger partial charge on any atom is -0.464 e. The van der Waals surface area contributed by atoms with Gasteiger partial charge in [0.2, 0.25) is 0 Å². The summed E-state index contributed by atoms with van der Waals surface area (Å²) in [5.41, 5.74) is 5.20. The Kier molecular flexibility index (Phi) is 11.2. The summed E-state index contributed by atoms with van der Waals surface area (Å²) in [5.74, 6) is -0.264. The highest BCUT2D eigenvalue weighted by atomic mass is 16.5. The number of ether oxygens (including phenoxy) is 1. The third kappa shape index (κ3) is 5.85. The molecule has 68 valence electrons. The number of nitrogens with two attached hydrogens (primary N) is 1. The van der Waals surface area contributed by atoms with E-state index in [1.807, 2.05) is 27.7 Å². The molecule has 0 aromatic rings. The first-order valence-electron chi connectivity index (χ1n) is 4.23. The quantitative estimate of drug-likeness (QED) is 0.545. The van der Waals surface area contributed by atoms with Gasteiger partial charge in [0.25, 0.3) is 0 Å². The van der Waals surface area contributed by atoms with Crippen molar-refractivity contribution in [3.63, 3.8) is 0 Å². The molecule has 0 aliphatic carbocycles. The SMILES string of the molecule is CC.CC.NC1CCOC1=O. The Hall–Kier alpha value is -0.570. The van der Waals surface area contributed by atoms with Gasteiger partial charge in [0.15, 0.2) is 0 Å². The molecular formula is C8H19NO2. The van der Waals surface area contributed by atoms with Crippen molar-refractivity contribution in [2.45, 2.75) is 40.2 Å². The molecule has 0 bridgehead atoms. The fourth-order valence-corrected chi connectivity index (χ4v) is 0.511. The molecular weight excluding hydrogens is 142 g/mol. The van der Waals surface area contributed by atoms with Gasteiger partial charge >= 0.3 is 5.97 Å². The normalized spacial score (nSPS) is 20.5. The molecule has 1 atom stereocenters. The lowest BCUT2D eigenvalue weighted by molar-refractivity contribution is -0.139. The van der Waals surface area contributed by atoms with E-state index in [0.717, 1.165) is 0 Å². The average molecular weight is 161 g/mol. The Bertz CT molecular complexity index is 94.1. The van der Waals surface area contributed by atoms with Crippen molar-refractivity contribution in [1.82, 2.24) is 0 Å². The highest BCUT2D eigenvalue weighted by Gasteiger charge is 2.20. The van der Waals surface area contributed by atoms with E-state index in [-0.39, 0.29) is 12.0 Å². The van der Waals surface area contributed by atoms with Crippen LogP contribution >= 0.6 is 0 Å². The van der Waals surface area contributed by atoms with E-state index in [0.29, 0.717) is 13.0 Å². The summed E-state index contributed by atoms with van der Waals surface area (Å²) >= 11 is 0. The molecule has 1 rings (SSSR count). The van der Waals surface area contributed by atoms with Crippen molar-refractivity contribution in [2.24, 2.45) is 5.73 Å². The zero-order valence-corrected chi connectivity index (χ0v) is 7.89. The zero-order valence-electron chi connectivity index (χ0n) is 7.89. The third-order valence-electron chi connectivity index (χ3n) is 0.976. The summed E-state index contributed by atoms with van der Waals surface area (Å²) in [6.07, 6.45) is 0.679. The van der Waals surface area contributed by atoms with Crippen LogP contribution in [0.1, 0.15) is 34.1 Å². The molecule has 3 heteroatoms. The van der Waals surface area contributed by atoms with Gasteiger partial charge in [0, 0.05) is 6.42 Å². The minimum absolute atomic E-state index is 0.264. The molecule has 1 saturated heterocycles. The molecule has 1 aliphatic heterocycles. The standard InChI is InChI=1S/C4H7NO2.2C2H6/c5-3-1-2-7-4(3)6;2*1-2/h3H,1-2,5H2;2*1-2H3. The van der Waals surface area contributed by atoms with Gasteiger partial charge in [-0.3, -0.25) is 4.79 Å². The third-order valence-corrected chi connectivity index (χ3v) is 0.976. The number of rotatable bonds is 0. The second-order valence-electron chi connectivity index (χ2n) is 1.56. The lowest BCUT2D eigenvalue weighted by atomic mass is 10.3. The number of carbonyl (C=O) groups excluding carboxylic acids is 1. The van der Waals surface area contributed by atoms with Gasteiger partial charge in [0.1, 0.15) is 6.04 Å². The van der Waals surface area contributed by atoms with Crippen LogP contribution < -0.4 is 5.73 Å². The number of hydrogen-bond acceptors (Lipinski definition) is 3. The molecule has 0 aromatic heterocycles. The largest absolute Gasteiger partial charge is 0.464 e.